The topological polar surface area (TPSA) is 99.1 Å². The van der Waals surface area contributed by atoms with E-state index in [1.807, 2.05) is 33.3 Å². The molecule has 0 rings (SSSR count). The Kier molecular flexibility index (Phi) is 41.1. The van der Waals surface area contributed by atoms with Gasteiger partial charge >= 0.3 is 17.9 Å². The molecule has 0 heterocycles. The molecule has 0 aromatic heterocycles. The highest BCUT2D eigenvalue weighted by atomic mass is 16.6. The zero-order valence-electron chi connectivity index (χ0n) is 39.8. The molecule has 2 atom stereocenters. The van der Waals surface area contributed by atoms with E-state index in [0.29, 0.717) is 19.3 Å². The standard InChI is InChI=1S/C53H91NO7/c1-6-8-10-12-14-16-18-20-22-24-26-28-30-32-34-36-38-40-42-44-52(56)61-49(47-59-46-45-50(53(57)58)54(3,4)5)48-60-51(55)43-41-39-37-35-33-31-29-27-25-23-21-19-17-15-13-11-9-7-2/h8,10,14,16,20,22,26,28,32,34,38,40,49-50H,6-7,9,11-13,15,17-19,21,23-25,27,29-31,33,35-37,39,41-48H2,1-5H3/p+1/b10-8-,16-14-,22-20-,28-26-,34-32-,40-38-. The van der Waals surface area contributed by atoms with Gasteiger partial charge in [0.25, 0.3) is 0 Å². The van der Waals surface area contributed by atoms with Crippen molar-refractivity contribution in [1.29, 1.82) is 0 Å². The molecule has 0 saturated carbocycles. The Bertz CT molecular complexity index is 1230. The summed E-state index contributed by atoms with van der Waals surface area (Å²) in [7, 11) is 5.50. The predicted octanol–water partition coefficient (Wildman–Crippen LogP) is 13.9. The maximum absolute atomic E-state index is 12.7. The highest BCUT2D eigenvalue weighted by Gasteiger charge is 2.31. The van der Waals surface area contributed by atoms with E-state index in [1.54, 1.807) is 0 Å². The number of nitrogens with zero attached hydrogens (tertiary/aromatic N) is 1. The SMILES string of the molecule is CC/C=C\C/C=C\C/C=C\C/C=C\C/C=C\C/C=C\CCC(=O)OC(COCCC(C(=O)O)[N+](C)(C)C)COC(=O)CCCCCCCCCCCCCCCCCCCC. The van der Waals surface area contributed by atoms with Crippen LogP contribution in [0.25, 0.3) is 0 Å². The lowest BCUT2D eigenvalue weighted by Gasteiger charge is -2.31. The molecule has 0 aromatic rings. The number of allylic oxidation sites excluding steroid dienone is 12. The number of hydrogen-bond acceptors (Lipinski definition) is 6. The highest BCUT2D eigenvalue weighted by molar-refractivity contribution is 5.72. The summed E-state index contributed by atoms with van der Waals surface area (Å²) in [5, 5.41) is 9.64. The molecule has 8 heteroatoms. The molecule has 0 spiro atoms. The van der Waals surface area contributed by atoms with Gasteiger partial charge in [0, 0.05) is 19.3 Å². The molecule has 0 amide bonds. The second kappa shape index (κ2) is 43.4. The van der Waals surface area contributed by atoms with Crippen molar-refractivity contribution in [3.8, 4) is 0 Å². The molecular formula is C53H92NO7+. The van der Waals surface area contributed by atoms with Gasteiger partial charge in [-0.2, -0.15) is 0 Å². The summed E-state index contributed by atoms with van der Waals surface area (Å²) in [6.07, 6.45) is 55.4. The number of likely N-dealkylation sites (N-methyl/N-ethyl adjacent to an activating group) is 1. The number of rotatable bonds is 43. The van der Waals surface area contributed by atoms with Crippen LogP contribution in [0.2, 0.25) is 0 Å². The normalized spacial score (nSPS) is 13.5. The van der Waals surface area contributed by atoms with E-state index in [9.17, 15) is 19.5 Å². The first kappa shape index (κ1) is 57.8. The number of carboxylic acids is 1. The summed E-state index contributed by atoms with van der Waals surface area (Å²) >= 11 is 0. The van der Waals surface area contributed by atoms with E-state index < -0.39 is 18.1 Å². The minimum atomic E-state index is -0.887. The molecule has 0 aliphatic rings. The second-order valence-electron chi connectivity index (χ2n) is 17.3. The molecule has 1 N–H and O–H groups in total. The molecule has 0 bridgehead atoms. The average molecular weight is 855 g/mol. The van der Waals surface area contributed by atoms with Gasteiger partial charge in [0.15, 0.2) is 12.1 Å². The lowest BCUT2D eigenvalue weighted by molar-refractivity contribution is -0.887. The van der Waals surface area contributed by atoms with Crippen LogP contribution >= 0.6 is 0 Å². The minimum absolute atomic E-state index is 0.0294. The Morgan fingerprint density at radius 3 is 1.33 bits per heavy atom. The Hall–Kier alpha value is -3.23. The number of hydrogen-bond donors (Lipinski definition) is 1. The fourth-order valence-electron chi connectivity index (χ4n) is 6.88. The van der Waals surface area contributed by atoms with Crippen LogP contribution in [0.5, 0.6) is 0 Å². The predicted molar refractivity (Wildman–Crippen MR) is 257 cm³/mol. The van der Waals surface area contributed by atoms with E-state index in [1.165, 1.54) is 96.3 Å². The summed E-state index contributed by atoms with van der Waals surface area (Å²) in [4.78, 5) is 37.1. The number of aliphatic carboxylic acids is 1. The molecule has 8 nitrogen and oxygen atoms in total. The number of carboxylic acid groups (broad SMARTS) is 1. The van der Waals surface area contributed by atoms with Crippen LogP contribution in [0.3, 0.4) is 0 Å². The van der Waals surface area contributed by atoms with Crippen molar-refractivity contribution < 1.29 is 38.2 Å². The second-order valence-corrected chi connectivity index (χ2v) is 17.3. The fourth-order valence-corrected chi connectivity index (χ4v) is 6.88. The molecule has 0 aromatic carbocycles. The number of unbranched alkanes of at least 4 members (excludes halogenated alkanes) is 17. The molecule has 0 fully saturated rings. The summed E-state index contributed by atoms with van der Waals surface area (Å²) in [5.41, 5.74) is 0. The average Bonchev–Trinajstić information content (AvgIpc) is 3.22. The molecular weight excluding hydrogens is 763 g/mol. The lowest BCUT2D eigenvalue weighted by atomic mass is 10.0. The Labute approximate surface area is 374 Å². The Morgan fingerprint density at radius 2 is 0.918 bits per heavy atom. The molecule has 61 heavy (non-hydrogen) atoms. The van der Waals surface area contributed by atoms with E-state index >= 15 is 0 Å². The first-order valence-electron chi connectivity index (χ1n) is 24.5. The van der Waals surface area contributed by atoms with Crippen LogP contribution in [-0.4, -0.2) is 80.6 Å². The number of carbonyl (C=O) groups is 3. The fraction of sp³-hybridized carbons (Fsp3) is 0.717. The van der Waals surface area contributed by atoms with E-state index in [-0.39, 0.29) is 42.7 Å². The van der Waals surface area contributed by atoms with Crippen molar-refractivity contribution in [3.05, 3.63) is 72.9 Å². The molecule has 0 saturated heterocycles. The van der Waals surface area contributed by atoms with Gasteiger partial charge in [-0.3, -0.25) is 9.59 Å². The van der Waals surface area contributed by atoms with Crippen molar-refractivity contribution >= 4 is 17.9 Å². The van der Waals surface area contributed by atoms with E-state index in [2.05, 4.69) is 74.6 Å². The number of ether oxygens (including phenoxy) is 3. The largest absolute Gasteiger partial charge is 0.477 e. The highest BCUT2D eigenvalue weighted by Crippen LogP contribution is 2.15. The van der Waals surface area contributed by atoms with Crippen LogP contribution < -0.4 is 0 Å². The van der Waals surface area contributed by atoms with Gasteiger partial charge in [-0.1, -0.05) is 196 Å². The monoisotopic (exact) mass is 855 g/mol. The third-order valence-electron chi connectivity index (χ3n) is 10.6. The first-order valence-corrected chi connectivity index (χ1v) is 24.5. The Balaban J connectivity index is 4.39. The third kappa shape index (κ3) is 41.9. The molecule has 0 radical (unpaired) electrons. The quantitative estimate of drug-likeness (QED) is 0.0282. The van der Waals surface area contributed by atoms with Crippen LogP contribution in [0.4, 0.5) is 0 Å². The van der Waals surface area contributed by atoms with Gasteiger partial charge in [0.2, 0.25) is 0 Å². The Morgan fingerprint density at radius 1 is 0.508 bits per heavy atom. The van der Waals surface area contributed by atoms with Gasteiger partial charge in [0.05, 0.1) is 34.4 Å². The van der Waals surface area contributed by atoms with Gasteiger partial charge < -0.3 is 23.8 Å². The zero-order chi connectivity index (χ0) is 44.9. The minimum Gasteiger partial charge on any atom is -0.477 e. The van der Waals surface area contributed by atoms with Crippen molar-refractivity contribution in [1.82, 2.24) is 0 Å². The molecule has 350 valence electrons. The van der Waals surface area contributed by atoms with Crippen LogP contribution in [0.1, 0.15) is 194 Å². The third-order valence-corrected chi connectivity index (χ3v) is 10.6. The molecule has 2 unspecified atom stereocenters. The summed E-state index contributed by atoms with van der Waals surface area (Å²) < 4.78 is 17.2. The van der Waals surface area contributed by atoms with Gasteiger partial charge in [-0.25, -0.2) is 4.79 Å². The molecule has 0 aliphatic carbocycles. The maximum atomic E-state index is 12.7. The number of quaternary nitrogens is 1. The van der Waals surface area contributed by atoms with E-state index in [4.69, 9.17) is 14.2 Å². The van der Waals surface area contributed by atoms with Crippen LogP contribution in [-0.2, 0) is 28.6 Å². The maximum Gasteiger partial charge on any atom is 0.362 e. The molecule has 0 aliphatic heterocycles. The summed E-state index contributed by atoms with van der Waals surface area (Å²) in [5.74, 6) is -1.57. The van der Waals surface area contributed by atoms with Crippen molar-refractivity contribution in [3.63, 3.8) is 0 Å². The van der Waals surface area contributed by atoms with Crippen molar-refractivity contribution in [2.45, 2.75) is 206 Å². The van der Waals surface area contributed by atoms with E-state index in [0.717, 1.165) is 57.8 Å². The van der Waals surface area contributed by atoms with Gasteiger partial charge in [0.1, 0.15) is 6.61 Å². The lowest BCUT2D eigenvalue weighted by Crippen LogP contribution is -2.50. The number of carbonyl (C=O) groups excluding carboxylic acids is 2. The van der Waals surface area contributed by atoms with Gasteiger partial charge in [-0.15, -0.1) is 0 Å². The van der Waals surface area contributed by atoms with Crippen molar-refractivity contribution in [2.75, 3.05) is 41.0 Å². The summed E-state index contributed by atoms with van der Waals surface area (Å²) in [6.45, 7) is 4.55. The number of esters is 2. The smallest absolute Gasteiger partial charge is 0.362 e. The van der Waals surface area contributed by atoms with Gasteiger partial charge in [-0.05, 0) is 51.4 Å². The summed E-state index contributed by atoms with van der Waals surface area (Å²) in [6, 6.07) is -0.630. The van der Waals surface area contributed by atoms with Crippen LogP contribution in [0, 0.1) is 0 Å². The first-order chi connectivity index (χ1) is 29.6. The van der Waals surface area contributed by atoms with Crippen LogP contribution in [0.15, 0.2) is 72.9 Å². The zero-order valence-corrected chi connectivity index (χ0v) is 39.8. The van der Waals surface area contributed by atoms with Crippen molar-refractivity contribution in [2.24, 2.45) is 0 Å².